The number of nitrogens with one attached hydrogen (secondary N) is 1. The predicted molar refractivity (Wildman–Crippen MR) is 144 cm³/mol. The van der Waals surface area contributed by atoms with E-state index < -0.39 is 28.9 Å². The van der Waals surface area contributed by atoms with Crippen LogP contribution in [0.25, 0.3) is 0 Å². The maximum Gasteiger partial charge on any atom is 0.317 e. The van der Waals surface area contributed by atoms with Crippen LogP contribution in [-0.2, 0) is 25.5 Å². The molecule has 1 saturated carbocycles. The number of esters is 1. The molecule has 0 spiro atoms. The van der Waals surface area contributed by atoms with Gasteiger partial charge in [-0.15, -0.1) is 6.58 Å². The molecule has 4 atom stereocenters. The van der Waals surface area contributed by atoms with Gasteiger partial charge in [-0.1, -0.05) is 48.5 Å². The number of fused-ring (bicyclic) bond motifs is 3. The molecule has 8 nitrogen and oxygen atoms in total. The lowest BCUT2D eigenvalue weighted by Gasteiger charge is -2.42. The Bertz CT molecular complexity index is 1400. The van der Waals surface area contributed by atoms with Gasteiger partial charge in [0.2, 0.25) is 0 Å². The Morgan fingerprint density at radius 2 is 1.67 bits per heavy atom. The molecule has 8 heteroatoms. The van der Waals surface area contributed by atoms with Crippen LogP contribution in [0, 0.1) is 5.92 Å². The Kier molecular flexibility index (Phi) is 6.82. The molecule has 1 aliphatic heterocycles. The summed E-state index contributed by atoms with van der Waals surface area (Å²) < 4.78 is 29.0. The maximum atomic E-state index is 14.9. The number of benzene rings is 3. The Morgan fingerprint density at radius 1 is 0.974 bits per heavy atom. The summed E-state index contributed by atoms with van der Waals surface area (Å²) in [5.41, 5.74) is -1.08. The van der Waals surface area contributed by atoms with Crippen LogP contribution in [0.15, 0.2) is 79.4 Å². The zero-order valence-electron chi connectivity index (χ0n) is 22.4. The van der Waals surface area contributed by atoms with E-state index in [0.717, 1.165) is 5.56 Å². The topological polar surface area (TPSA) is 92.3 Å². The second kappa shape index (κ2) is 10.1. The number of methoxy groups -OCH3 is 4. The lowest BCUT2D eigenvalue weighted by molar-refractivity contribution is -0.149. The summed E-state index contributed by atoms with van der Waals surface area (Å²) in [6, 6.07) is 20.2. The molecule has 39 heavy (non-hydrogen) atoms. The molecule has 1 aliphatic carbocycles. The van der Waals surface area contributed by atoms with Gasteiger partial charge in [-0.2, -0.15) is 0 Å². The third kappa shape index (κ3) is 3.62. The summed E-state index contributed by atoms with van der Waals surface area (Å²) in [6.45, 7) is 4.12. The fourth-order valence-corrected chi connectivity index (χ4v) is 6.24. The number of Topliss-reactive ketones (excluding diaryl/α,β-unsaturated/α-hetero) is 1. The van der Waals surface area contributed by atoms with Crippen LogP contribution < -0.4 is 24.3 Å². The predicted octanol–water partition coefficient (Wildman–Crippen LogP) is 4.13. The highest BCUT2D eigenvalue weighted by molar-refractivity contribution is 6.10. The largest absolute Gasteiger partial charge is 0.497 e. The second-order valence-electron chi connectivity index (χ2n) is 9.44. The number of carbonyl (C=O) groups is 2. The molecule has 0 unspecified atom stereocenters. The molecule has 1 N–H and O–H groups in total. The van der Waals surface area contributed by atoms with E-state index in [4.69, 9.17) is 23.7 Å². The van der Waals surface area contributed by atoms with Gasteiger partial charge >= 0.3 is 5.97 Å². The summed E-state index contributed by atoms with van der Waals surface area (Å²) in [4.78, 5) is 28.4. The number of rotatable bonds is 9. The lowest BCUT2D eigenvalue weighted by atomic mass is 9.68. The number of hydrogen-bond donors (Lipinski definition) is 1. The molecule has 3 aromatic carbocycles. The van der Waals surface area contributed by atoms with Crippen molar-refractivity contribution in [3.05, 3.63) is 96.1 Å². The number of ether oxygens (including phenoxy) is 5. The molecule has 1 heterocycles. The van der Waals surface area contributed by atoms with Crippen molar-refractivity contribution in [2.75, 3.05) is 35.0 Å². The van der Waals surface area contributed by atoms with E-state index in [1.54, 1.807) is 32.4 Å². The standard InChI is InChI=1S/C31H31NO7/c1-6-16-32-30-27-23(37-4)17-22(36-3)18-24(27)39-31(30,20-12-14-21(35-2)15-13-20)26(19-10-8-7-9-11-19)25(28(30)33)29(34)38-5/h6-15,17-18,25-26,32H,1,16H2,2-5H3/t25-,26-,30+,31+/m1/s1. The minimum atomic E-state index is -1.55. The highest BCUT2D eigenvalue weighted by atomic mass is 16.5. The molecule has 202 valence electrons. The van der Waals surface area contributed by atoms with Gasteiger partial charge in [0.1, 0.15) is 28.9 Å². The maximum absolute atomic E-state index is 14.9. The van der Waals surface area contributed by atoms with E-state index >= 15 is 0 Å². The van der Waals surface area contributed by atoms with E-state index in [1.165, 1.54) is 14.2 Å². The summed E-state index contributed by atoms with van der Waals surface area (Å²) >= 11 is 0. The van der Waals surface area contributed by atoms with Crippen molar-refractivity contribution in [3.8, 4) is 23.0 Å². The molecule has 5 rings (SSSR count). The monoisotopic (exact) mass is 529 g/mol. The van der Waals surface area contributed by atoms with Gasteiger partial charge in [-0.05, 0) is 23.3 Å². The van der Waals surface area contributed by atoms with Crippen molar-refractivity contribution in [3.63, 3.8) is 0 Å². The summed E-state index contributed by atoms with van der Waals surface area (Å²) in [5.74, 6) is -1.04. The number of carbonyl (C=O) groups excluding carboxylic acids is 2. The van der Waals surface area contributed by atoms with Crippen LogP contribution >= 0.6 is 0 Å². The van der Waals surface area contributed by atoms with Gasteiger partial charge in [0, 0.05) is 18.7 Å². The zero-order chi connectivity index (χ0) is 27.8. The molecule has 0 radical (unpaired) electrons. The van der Waals surface area contributed by atoms with Gasteiger partial charge in [0.15, 0.2) is 16.9 Å². The van der Waals surface area contributed by atoms with Crippen LogP contribution in [0.2, 0.25) is 0 Å². The van der Waals surface area contributed by atoms with E-state index in [1.807, 2.05) is 54.6 Å². The molecule has 3 aromatic rings. The fourth-order valence-electron chi connectivity index (χ4n) is 6.24. The van der Waals surface area contributed by atoms with Crippen molar-refractivity contribution < 1.29 is 33.3 Å². The minimum absolute atomic E-state index is 0.247. The summed E-state index contributed by atoms with van der Waals surface area (Å²) in [7, 11) is 5.94. The number of hydrogen-bond acceptors (Lipinski definition) is 8. The Morgan fingerprint density at radius 3 is 2.26 bits per heavy atom. The summed E-state index contributed by atoms with van der Waals surface area (Å²) in [6.07, 6.45) is 1.66. The molecule has 1 fully saturated rings. The van der Waals surface area contributed by atoms with Crippen LogP contribution in [0.1, 0.15) is 22.6 Å². The number of ketones is 1. The molecular formula is C31H31NO7. The van der Waals surface area contributed by atoms with Crippen LogP contribution in [0.5, 0.6) is 23.0 Å². The smallest absolute Gasteiger partial charge is 0.317 e. The molecule has 0 aromatic heterocycles. The van der Waals surface area contributed by atoms with Crippen LogP contribution in [0.4, 0.5) is 0 Å². The minimum Gasteiger partial charge on any atom is -0.497 e. The van der Waals surface area contributed by atoms with Crippen LogP contribution in [0.3, 0.4) is 0 Å². The van der Waals surface area contributed by atoms with Crippen molar-refractivity contribution in [2.24, 2.45) is 5.92 Å². The van der Waals surface area contributed by atoms with E-state index in [0.29, 0.717) is 34.1 Å². The third-order valence-corrected chi connectivity index (χ3v) is 7.77. The van der Waals surface area contributed by atoms with Gasteiger partial charge in [0.05, 0.1) is 39.9 Å². The quantitative estimate of drug-likeness (QED) is 0.251. The highest BCUT2D eigenvalue weighted by Crippen LogP contribution is 2.69. The molecule has 0 bridgehead atoms. The van der Waals surface area contributed by atoms with Gasteiger partial charge in [-0.25, -0.2) is 0 Å². The summed E-state index contributed by atoms with van der Waals surface area (Å²) in [5, 5.41) is 3.45. The third-order valence-electron chi connectivity index (χ3n) is 7.77. The molecule has 0 saturated heterocycles. The van der Waals surface area contributed by atoms with E-state index in [9.17, 15) is 9.59 Å². The van der Waals surface area contributed by atoms with Crippen LogP contribution in [-0.4, -0.2) is 46.7 Å². The van der Waals surface area contributed by atoms with Crippen molar-refractivity contribution in [2.45, 2.75) is 17.1 Å². The van der Waals surface area contributed by atoms with Gasteiger partial charge in [-0.3, -0.25) is 14.9 Å². The first-order valence-electron chi connectivity index (χ1n) is 12.6. The zero-order valence-corrected chi connectivity index (χ0v) is 22.4. The van der Waals surface area contributed by atoms with Crippen molar-refractivity contribution in [1.82, 2.24) is 5.32 Å². The molecule has 0 amide bonds. The Balaban J connectivity index is 1.94. The fraction of sp³-hybridized carbons (Fsp3) is 0.290. The van der Waals surface area contributed by atoms with Crippen molar-refractivity contribution in [1.29, 1.82) is 0 Å². The first-order chi connectivity index (χ1) is 18.9. The van der Waals surface area contributed by atoms with Gasteiger partial charge < -0.3 is 23.7 Å². The molecular weight excluding hydrogens is 498 g/mol. The normalized spacial score (nSPS) is 24.8. The lowest BCUT2D eigenvalue weighted by Crippen LogP contribution is -2.59. The first-order valence-corrected chi connectivity index (χ1v) is 12.6. The highest BCUT2D eigenvalue weighted by Gasteiger charge is 2.78. The SMILES string of the molecule is C=CCN[C@@]12C(=O)[C@H](C(=O)OC)[C@@H](c3ccccc3)[C@]1(c1ccc(OC)cc1)Oc1cc(OC)cc(OC)c12. The molecule has 2 aliphatic rings. The second-order valence-corrected chi connectivity index (χ2v) is 9.44. The van der Waals surface area contributed by atoms with Gasteiger partial charge in [0.25, 0.3) is 0 Å². The average molecular weight is 530 g/mol. The van der Waals surface area contributed by atoms with E-state index in [2.05, 4.69) is 11.9 Å². The Hall–Kier alpha value is -4.30. The first kappa shape index (κ1) is 26.3. The Labute approximate surface area is 227 Å². The van der Waals surface area contributed by atoms with E-state index in [-0.39, 0.29) is 12.3 Å². The average Bonchev–Trinajstić information content (AvgIpc) is 3.40. The van der Waals surface area contributed by atoms with Crippen molar-refractivity contribution >= 4 is 11.8 Å².